The first-order valence-electron chi connectivity index (χ1n) is 6.86. The minimum absolute atomic E-state index is 0.306. The van der Waals surface area contributed by atoms with E-state index >= 15 is 0 Å². The Labute approximate surface area is 118 Å². The molecule has 2 aliphatic rings. The van der Waals surface area contributed by atoms with E-state index in [-0.39, 0.29) is 5.82 Å². The minimum Gasteiger partial charge on any atom is -0.355 e. The molecule has 0 saturated carbocycles. The molecule has 2 bridgehead atoms. The van der Waals surface area contributed by atoms with Gasteiger partial charge in [0.2, 0.25) is 0 Å². The number of nitrogens with zero attached hydrogens (tertiary/aromatic N) is 3. The van der Waals surface area contributed by atoms with Crippen molar-refractivity contribution in [2.24, 2.45) is 0 Å². The molecule has 3 nitrogen and oxygen atoms in total. The monoisotopic (exact) mass is 283 g/mol. The molecule has 5 heteroatoms. The number of anilines is 1. The Kier molecular flexibility index (Phi) is 3.63. The highest BCUT2D eigenvalue weighted by Crippen LogP contribution is 2.31. The van der Waals surface area contributed by atoms with E-state index in [1.807, 2.05) is 0 Å². The molecule has 104 valence electrons. The summed E-state index contributed by atoms with van der Waals surface area (Å²) >= 11 is 5.93. The summed E-state index contributed by atoms with van der Waals surface area (Å²) in [6.45, 7) is 1.95. The predicted octanol–water partition coefficient (Wildman–Crippen LogP) is 2.63. The lowest BCUT2D eigenvalue weighted by molar-refractivity contribution is 0.254. The smallest absolute Gasteiger partial charge is 0.141 e. The fourth-order valence-corrected chi connectivity index (χ4v) is 3.55. The lowest BCUT2D eigenvalue weighted by Crippen LogP contribution is -2.37. The van der Waals surface area contributed by atoms with E-state index < -0.39 is 0 Å². The topological polar surface area (TPSA) is 19.4 Å². The molecule has 0 aliphatic carbocycles. The van der Waals surface area contributed by atoms with Crippen molar-refractivity contribution in [2.45, 2.75) is 37.2 Å². The van der Waals surface area contributed by atoms with Crippen molar-refractivity contribution in [1.29, 1.82) is 0 Å². The Bertz CT molecular complexity index is 468. The first-order valence-corrected chi connectivity index (χ1v) is 7.39. The third-order valence-corrected chi connectivity index (χ3v) is 4.79. The summed E-state index contributed by atoms with van der Waals surface area (Å²) in [6.07, 6.45) is 4.98. The van der Waals surface area contributed by atoms with Crippen LogP contribution < -0.4 is 4.90 Å². The fraction of sp³-hybridized carbons (Fsp3) is 0.643. The number of halogens is 2. The lowest BCUT2D eigenvalue weighted by Gasteiger charge is -2.28. The number of pyridine rings is 1. The van der Waals surface area contributed by atoms with Gasteiger partial charge in [-0.15, -0.1) is 11.6 Å². The molecule has 1 aromatic heterocycles. The summed E-state index contributed by atoms with van der Waals surface area (Å²) in [5, 5.41) is 0. The van der Waals surface area contributed by atoms with E-state index in [2.05, 4.69) is 21.8 Å². The molecule has 3 heterocycles. The quantitative estimate of drug-likeness (QED) is 0.778. The zero-order valence-electron chi connectivity index (χ0n) is 11.1. The molecule has 0 radical (unpaired) electrons. The number of likely N-dealkylation sites (N-methyl/N-ethyl adjacent to an activating group) is 1. The van der Waals surface area contributed by atoms with Crippen molar-refractivity contribution in [2.75, 3.05) is 25.0 Å². The van der Waals surface area contributed by atoms with Crippen LogP contribution in [0.5, 0.6) is 0 Å². The molecular weight excluding hydrogens is 265 g/mol. The predicted molar refractivity (Wildman–Crippen MR) is 75.2 cm³/mol. The second-order valence-corrected chi connectivity index (χ2v) is 5.82. The molecule has 0 amide bonds. The van der Waals surface area contributed by atoms with Crippen LogP contribution >= 0.6 is 11.6 Å². The van der Waals surface area contributed by atoms with Crippen LogP contribution in [-0.2, 0) is 5.88 Å². The zero-order chi connectivity index (χ0) is 13.4. The number of aromatic nitrogens is 1. The molecule has 3 rings (SSSR count). The van der Waals surface area contributed by atoms with Gasteiger partial charge < -0.3 is 4.90 Å². The summed E-state index contributed by atoms with van der Waals surface area (Å²) < 4.78 is 13.2. The standard InChI is InChI=1S/C14H19ClFN3/c1-18-12-2-3-13(18)9-19(5-4-12)14-10(7-15)6-11(16)8-17-14/h6,8,12-13H,2-5,7,9H2,1H3. The number of fused-ring (bicyclic) bond motifs is 2. The molecular formula is C14H19ClFN3. The largest absolute Gasteiger partial charge is 0.355 e. The van der Waals surface area contributed by atoms with Gasteiger partial charge in [-0.3, -0.25) is 4.90 Å². The van der Waals surface area contributed by atoms with Crippen molar-refractivity contribution >= 4 is 17.4 Å². The number of hydrogen-bond donors (Lipinski definition) is 0. The second-order valence-electron chi connectivity index (χ2n) is 5.56. The number of rotatable bonds is 2. The molecule has 0 aromatic carbocycles. The van der Waals surface area contributed by atoms with Gasteiger partial charge in [0.1, 0.15) is 11.6 Å². The Balaban J connectivity index is 1.86. The molecule has 0 spiro atoms. The lowest BCUT2D eigenvalue weighted by atomic mass is 10.1. The summed E-state index contributed by atoms with van der Waals surface area (Å²) in [4.78, 5) is 9.04. The number of alkyl halides is 1. The second kappa shape index (κ2) is 5.25. The molecule has 2 unspecified atom stereocenters. The van der Waals surface area contributed by atoms with Gasteiger partial charge in [-0.1, -0.05) is 0 Å². The van der Waals surface area contributed by atoms with Gasteiger partial charge in [0.05, 0.1) is 12.1 Å². The van der Waals surface area contributed by atoms with Crippen LogP contribution in [0.2, 0.25) is 0 Å². The zero-order valence-corrected chi connectivity index (χ0v) is 11.9. The van der Waals surface area contributed by atoms with E-state index in [4.69, 9.17) is 11.6 Å². The molecule has 1 aromatic rings. The SMILES string of the molecule is CN1C2CCC1CN(c1ncc(F)cc1CCl)CC2. The van der Waals surface area contributed by atoms with Gasteiger partial charge in [0, 0.05) is 30.7 Å². The van der Waals surface area contributed by atoms with Crippen LogP contribution in [-0.4, -0.2) is 42.1 Å². The average molecular weight is 284 g/mol. The number of hydrogen-bond acceptors (Lipinski definition) is 3. The average Bonchev–Trinajstić information content (AvgIpc) is 2.64. The fourth-order valence-electron chi connectivity index (χ4n) is 3.36. The molecule has 2 fully saturated rings. The Morgan fingerprint density at radius 2 is 2.16 bits per heavy atom. The highest BCUT2D eigenvalue weighted by atomic mass is 35.5. The first-order chi connectivity index (χ1) is 9.19. The van der Waals surface area contributed by atoms with Gasteiger partial charge in [0.25, 0.3) is 0 Å². The maximum absolute atomic E-state index is 13.2. The van der Waals surface area contributed by atoms with Crippen molar-refractivity contribution in [3.05, 3.63) is 23.6 Å². The van der Waals surface area contributed by atoms with Gasteiger partial charge >= 0.3 is 0 Å². The molecule has 0 N–H and O–H groups in total. The minimum atomic E-state index is -0.312. The van der Waals surface area contributed by atoms with E-state index in [1.54, 1.807) is 0 Å². The van der Waals surface area contributed by atoms with E-state index in [0.717, 1.165) is 30.9 Å². The van der Waals surface area contributed by atoms with Gasteiger partial charge in [-0.2, -0.15) is 0 Å². The van der Waals surface area contributed by atoms with E-state index in [0.29, 0.717) is 18.0 Å². The normalized spacial score (nSPS) is 27.6. The molecule has 2 atom stereocenters. The summed E-state index contributed by atoms with van der Waals surface area (Å²) in [7, 11) is 2.21. The highest BCUT2D eigenvalue weighted by Gasteiger charge is 2.35. The van der Waals surface area contributed by atoms with Crippen LogP contribution in [0.1, 0.15) is 24.8 Å². The third-order valence-electron chi connectivity index (χ3n) is 4.50. The van der Waals surface area contributed by atoms with Crippen molar-refractivity contribution in [3.8, 4) is 0 Å². The van der Waals surface area contributed by atoms with E-state index in [1.165, 1.54) is 25.1 Å². The third kappa shape index (κ3) is 2.43. The van der Waals surface area contributed by atoms with Gasteiger partial charge in [0.15, 0.2) is 0 Å². The summed E-state index contributed by atoms with van der Waals surface area (Å²) in [5.74, 6) is 0.853. The van der Waals surface area contributed by atoms with Crippen molar-refractivity contribution in [3.63, 3.8) is 0 Å². The van der Waals surface area contributed by atoms with Crippen LogP contribution in [0.25, 0.3) is 0 Å². The summed E-state index contributed by atoms with van der Waals surface area (Å²) in [6, 6.07) is 2.78. The molecule has 19 heavy (non-hydrogen) atoms. The van der Waals surface area contributed by atoms with Crippen molar-refractivity contribution in [1.82, 2.24) is 9.88 Å². The molecule has 2 aliphatic heterocycles. The summed E-state index contributed by atoms with van der Waals surface area (Å²) in [5.41, 5.74) is 0.794. The Morgan fingerprint density at radius 1 is 1.37 bits per heavy atom. The van der Waals surface area contributed by atoms with Crippen LogP contribution in [0, 0.1) is 5.82 Å². The molecule has 2 saturated heterocycles. The van der Waals surface area contributed by atoms with Gasteiger partial charge in [-0.25, -0.2) is 9.37 Å². The Morgan fingerprint density at radius 3 is 2.95 bits per heavy atom. The van der Waals surface area contributed by atoms with Crippen molar-refractivity contribution < 1.29 is 4.39 Å². The highest BCUT2D eigenvalue weighted by molar-refractivity contribution is 6.17. The van der Waals surface area contributed by atoms with Crippen LogP contribution in [0.15, 0.2) is 12.3 Å². The van der Waals surface area contributed by atoms with Gasteiger partial charge in [-0.05, 0) is 32.4 Å². The van der Waals surface area contributed by atoms with Crippen LogP contribution in [0.4, 0.5) is 10.2 Å². The maximum atomic E-state index is 13.2. The maximum Gasteiger partial charge on any atom is 0.141 e. The first kappa shape index (κ1) is 13.1. The van der Waals surface area contributed by atoms with Crippen LogP contribution in [0.3, 0.4) is 0 Å². The Hall–Kier alpha value is -0.870. The van der Waals surface area contributed by atoms with E-state index in [9.17, 15) is 4.39 Å².